The fourth-order valence-electron chi connectivity index (χ4n) is 2.84. The van der Waals surface area contributed by atoms with Crippen LogP contribution < -0.4 is 16.2 Å². The number of fused-ring (bicyclic) bond motifs is 1. The van der Waals surface area contributed by atoms with Gasteiger partial charge in [0.25, 0.3) is 11.2 Å². The van der Waals surface area contributed by atoms with Gasteiger partial charge < -0.3 is 4.42 Å². The van der Waals surface area contributed by atoms with Crippen molar-refractivity contribution >= 4 is 11.0 Å². The van der Waals surface area contributed by atoms with E-state index in [4.69, 9.17) is 4.42 Å². The van der Waals surface area contributed by atoms with E-state index in [1.165, 1.54) is 23.0 Å². The highest BCUT2D eigenvalue weighted by Crippen LogP contribution is 2.23. The second-order valence-electron chi connectivity index (χ2n) is 5.55. The van der Waals surface area contributed by atoms with Crippen LogP contribution in [0.5, 0.6) is 0 Å². The van der Waals surface area contributed by atoms with Gasteiger partial charge in [0.15, 0.2) is 6.54 Å². The number of nitrogens with one attached hydrogen (secondary N) is 2. The number of aromatic nitrogens is 3. The maximum absolute atomic E-state index is 13.2. The Balaban J connectivity index is 2.00. The smallest absolute Gasteiger partial charge is 0.416 e. The van der Waals surface area contributed by atoms with E-state index in [9.17, 15) is 14.0 Å². The van der Waals surface area contributed by atoms with Crippen LogP contribution >= 0.6 is 0 Å². The van der Waals surface area contributed by atoms with Gasteiger partial charge in [-0.3, -0.25) is 9.78 Å². The third-order valence-corrected chi connectivity index (χ3v) is 3.99. The zero-order valence-corrected chi connectivity index (χ0v) is 13.0. The number of aromatic amines is 2. The number of halogens is 1. The fourth-order valence-corrected chi connectivity index (χ4v) is 2.84. The van der Waals surface area contributed by atoms with Crippen LogP contribution in [0.4, 0.5) is 4.39 Å². The van der Waals surface area contributed by atoms with E-state index >= 15 is 0 Å². The summed E-state index contributed by atoms with van der Waals surface area (Å²) in [7, 11) is 0. The summed E-state index contributed by atoms with van der Waals surface area (Å²) in [5.74, 6) is 0.218. The molecule has 0 radical (unpaired) electrons. The van der Waals surface area contributed by atoms with Crippen LogP contribution in [0.3, 0.4) is 0 Å². The second kappa shape index (κ2) is 5.86. The largest absolute Gasteiger partial charge is 0.465 e. The minimum atomic E-state index is -0.540. The van der Waals surface area contributed by atoms with Crippen LogP contribution in [-0.4, -0.2) is 9.55 Å². The van der Waals surface area contributed by atoms with Crippen LogP contribution in [0.15, 0.2) is 68.9 Å². The van der Waals surface area contributed by atoms with E-state index in [-0.39, 0.29) is 12.4 Å². The zero-order valence-electron chi connectivity index (χ0n) is 13.0. The third kappa shape index (κ3) is 2.65. The highest BCUT2D eigenvalue weighted by atomic mass is 19.1. The number of nitrogens with zero attached hydrogens (tertiary/aromatic N) is 1. The summed E-state index contributed by atoms with van der Waals surface area (Å²) in [4.78, 5) is 30.0. The quantitative estimate of drug-likeness (QED) is 0.620. The molecule has 1 aromatic carbocycles. The first-order valence-electron chi connectivity index (χ1n) is 7.59. The van der Waals surface area contributed by atoms with Crippen molar-refractivity contribution < 1.29 is 13.8 Å². The summed E-state index contributed by atoms with van der Waals surface area (Å²) in [6.07, 6.45) is 3.15. The molecule has 124 valence electrons. The monoisotopic (exact) mass is 338 g/mol. The predicted octanol–water partition coefficient (Wildman–Crippen LogP) is 1.95. The van der Waals surface area contributed by atoms with Gasteiger partial charge in [0.1, 0.15) is 17.0 Å². The molecule has 7 heteroatoms. The van der Waals surface area contributed by atoms with Gasteiger partial charge in [-0.15, -0.1) is 0 Å². The Morgan fingerprint density at radius 2 is 1.92 bits per heavy atom. The van der Waals surface area contributed by atoms with Gasteiger partial charge in [0.05, 0.1) is 12.5 Å². The Morgan fingerprint density at radius 1 is 1.12 bits per heavy atom. The average molecular weight is 338 g/mol. The maximum atomic E-state index is 13.2. The predicted molar refractivity (Wildman–Crippen MR) is 88.6 cm³/mol. The normalized spacial score (nSPS) is 11.1. The summed E-state index contributed by atoms with van der Waals surface area (Å²) in [6.45, 7) is 0.169. The number of hydrogen-bond donors (Lipinski definition) is 1. The minimum Gasteiger partial charge on any atom is -0.465 e. The van der Waals surface area contributed by atoms with E-state index in [2.05, 4.69) is 9.97 Å². The van der Waals surface area contributed by atoms with Crippen molar-refractivity contribution in [1.29, 1.82) is 0 Å². The first-order valence-corrected chi connectivity index (χ1v) is 7.59. The Labute approximate surface area is 140 Å². The maximum Gasteiger partial charge on any atom is 0.416 e. The van der Waals surface area contributed by atoms with Crippen LogP contribution in [0.25, 0.3) is 22.2 Å². The number of furan rings is 1. The molecule has 0 fully saturated rings. The molecule has 25 heavy (non-hydrogen) atoms. The molecule has 0 saturated carbocycles. The van der Waals surface area contributed by atoms with Crippen molar-refractivity contribution in [2.75, 3.05) is 0 Å². The molecule has 2 N–H and O–H groups in total. The molecular formula is C18H13FN3O3+. The van der Waals surface area contributed by atoms with Crippen molar-refractivity contribution in [2.45, 2.75) is 6.54 Å². The number of benzene rings is 1. The second-order valence-corrected chi connectivity index (χ2v) is 5.55. The van der Waals surface area contributed by atoms with E-state index in [1.54, 1.807) is 36.5 Å². The lowest BCUT2D eigenvalue weighted by Gasteiger charge is -2.06. The summed E-state index contributed by atoms with van der Waals surface area (Å²) in [5, 5.41) is 0.320. The Bertz CT molecular complexity index is 1160. The molecule has 4 aromatic rings. The van der Waals surface area contributed by atoms with Gasteiger partial charge in [-0.25, -0.2) is 14.2 Å². The molecule has 0 amide bonds. The number of hydrogen-bond acceptors (Lipinski definition) is 3. The lowest BCUT2D eigenvalue weighted by molar-refractivity contribution is -0.349. The number of H-pyrrole nitrogens is 2. The Hall–Kier alpha value is -3.48. The van der Waals surface area contributed by atoms with E-state index < -0.39 is 11.2 Å². The Kier molecular flexibility index (Phi) is 3.53. The molecule has 0 spiro atoms. The summed E-state index contributed by atoms with van der Waals surface area (Å²) in [5.41, 5.74) is 0.595. The van der Waals surface area contributed by atoms with Gasteiger partial charge >= 0.3 is 5.69 Å². The standard InChI is InChI=1S/C18H12FN3O3/c19-12-5-3-11(4-6-12)14-7-8-20-16-15(14)17(23)21-18(24)22(16)10-13-2-1-9-25-13/h1-9H,10H2,(H,21,23,24)/p+1. The van der Waals surface area contributed by atoms with E-state index in [0.29, 0.717) is 27.9 Å². The van der Waals surface area contributed by atoms with Crippen LogP contribution in [0, 0.1) is 5.82 Å². The van der Waals surface area contributed by atoms with Gasteiger partial charge in [-0.1, -0.05) is 12.1 Å². The molecule has 0 saturated heterocycles. The summed E-state index contributed by atoms with van der Waals surface area (Å²) in [6, 6.07) is 11.0. The number of rotatable bonds is 3. The summed E-state index contributed by atoms with van der Waals surface area (Å²) >= 11 is 0. The molecule has 3 heterocycles. The molecule has 3 aromatic heterocycles. The summed E-state index contributed by atoms with van der Waals surface area (Å²) < 4.78 is 19.9. The lowest BCUT2D eigenvalue weighted by atomic mass is 10.0. The van der Waals surface area contributed by atoms with Gasteiger partial charge in [0.2, 0.25) is 0 Å². The van der Waals surface area contributed by atoms with Gasteiger partial charge in [0, 0.05) is 5.56 Å². The van der Waals surface area contributed by atoms with Crippen molar-refractivity contribution in [3.63, 3.8) is 0 Å². The van der Waals surface area contributed by atoms with Crippen molar-refractivity contribution in [1.82, 2.24) is 9.55 Å². The fraction of sp³-hybridized carbons (Fsp3) is 0.0556. The van der Waals surface area contributed by atoms with Crippen molar-refractivity contribution in [3.05, 3.63) is 87.3 Å². The lowest BCUT2D eigenvalue weighted by Crippen LogP contribution is -2.34. The van der Waals surface area contributed by atoms with Crippen LogP contribution in [0.1, 0.15) is 5.76 Å². The third-order valence-electron chi connectivity index (χ3n) is 3.99. The average Bonchev–Trinajstić information content (AvgIpc) is 3.12. The Morgan fingerprint density at radius 3 is 2.64 bits per heavy atom. The molecule has 0 aliphatic rings. The molecule has 0 atom stereocenters. The van der Waals surface area contributed by atoms with E-state index in [0.717, 1.165) is 0 Å². The zero-order chi connectivity index (χ0) is 17.4. The molecule has 0 unspecified atom stereocenters. The van der Waals surface area contributed by atoms with E-state index in [1.807, 2.05) is 0 Å². The highest BCUT2D eigenvalue weighted by molar-refractivity contribution is 5.90. The van der Waals surface area contributed by atoms with Crippen LogP contribution in [0.2, 0.25) is 0 Å². The molecule has 0 aliphatic carbocycles. The van der Waals surface area contributed by atoms with Gasteiger partial charge in [-0.2, -0.15) is 4.57 Å². The first-order chi connectivity index (χ1) is 12.1. The highest BCUT2D eigenvalue weighted by Gasteiger charge is 2.20. The van der Waals surface area contributed by atoms with Crippen LogP contribution in [-0.2, 0) is 6.54 Å². The number of pyridine rings is 1. The molecular weight excluding hydrogens is 325 g/mol. The van der Waals surface area contributed by atoms with Crippen molar-refractivity contribution in [2.24, 2.45) is 0 Å². The topological polar surface area (TPSA) is 82.1 Å². The molecule has 0 bridgehead atoms. The molecule has 6 nitrogen and oxygen atoms in total. The molecule has 4 rings (SSSR count). The minimum absolute atomic E-state index is 0.169. The molecule has 0 aliphatic heterocycles. The van der Waals surface area contributed by atoms with Crippen molar-refractivity contribution in [3.8, 4) is 11.1 Å². The first kappa shape index (κ1) is 15.1. The SMILES string of the molecule is O=c1[nH]c(=O)n(Cc2ccco2)c2[nH+]ccc(-c3ccc(F)cc3)c12. The van der Waals surface area contributed by atoms with Gasteiger partial charge in [-0.05, 0) is 35.9 Å².